The van der Waals surface area contributed by atoms with E-state index >= 15 is 0 Å². The minimum Gasteiger partial charge on any atom is -0.497 e. The first-order chi connectivity index (χ1) is 9.78. The van der Waals surface area contributed by atoms with Crippen LogP contribution in [0.25, 0.3) is 5.69 Å². The van der Waals surface area contributed by atoms with Gasteiger partial charge >= 0.3 is 0 Å². The van der Waals surface area contributed by atoms with Crippen LogP contribution in [0.3, 0.4) is 0 Å². The molecule has 3 aromatic rings. The zero-order valence-corrected chi connectivity index (χ0v) is 11.4. The van der Waals surface area contributed by atoms with E-state index in [0.717, 1.165) is 11.4 Å². The molecular formula is C11H11N7OS. The molecule has 2 N–H and O–H groups in total. The molecule has 0 amide bonds. The van der Waals surface area contributed by atoms with Crippen LogP contribution in [0.4, 0.5) is 0 Å². The van der Waals surface area contributed by atoms with Crippen LogP contribution >= 0.6 is 12.2 Å². The summed E-state index contributed by atoms with van der Waals surface area (Å²) in [5.41, 5.74) is 0.892. The summed E-state index contributed by atoms with van der Waals surface area (Å²) in [6, 6.07) is 7.54. The van der Waals surface area contributed by atoms with E-state index in [9.17, 15) is 0 Å². The summed E-state index contributed by atoms with van der Waals surface area (Å²) in [7, 11) is 1.63. The van der Waals surface area contributed by atoms with Gasteiger partial charge in [0.05, 0.1) is 13.5 Å². The van der Waals surface area contributed by atoms with Gasteiger partial charge in [-0.2, -0.15) is 10.3 Å². The number of benzene rings is 1. The molecule has 0 spiro atoms. The van der Waals surface area contributed by atoms with Gasteiger partial charge in [-0.1, -0.05) is 5.21 Å². The summed E-state index contributed by atoms with van der Waals surface area (Å²) in [5, 5.41) is 20.7. The van der Waals surface area contributed by atoms with Crippen molar-refractivity contribution in [1.29, 1.82) is 0 Å². The number of hydrogen-bond donors (Lipinski definition) is 2. The van der Waals surface area contributed by atoms with E-state index in [-0.39, 0.29) is 0 Å². The number of aromatic amines is 2. The van der Waals surface area contributed by atoms with Gasteiger partial charge in [-0.3, -0.25) is 9.67 Å². The number of ether oxygens (including phenoxy) is 1. The summed E-state index contributed by atoms with van der Waals surface area (Å²) >= 11 is 5.26. The third kappa shape index (κ3) is 2.30. The van der Waals surface area contributed by atoms with Gasteiger partial charge in [-0.25, -0.2) is 0 Å². The van der Waals surface area contributed by atoms with Crippen LogP contribution in [0.2, 0.25) is 0 Å². The first kappa shape index (κ1) is 12.5. The van der Waals surface area contributed by atoms with Crippen molar-refractivity contribution >= 4 is 12.2 Å². The molecule has 0 saturated heterocycles. The van der Waals surface area contributed by atoms with Crippen molar-refractivity contribution in [3.63, 3.8) is 0 Å². The molecule has 0 aliphatic heterocycles. The van der Waals surface area contributed by atoms with E-state index in [1.807, 2.05) is 28.8 Å². The quantitative estimate of drug-likeness (QED) is 0.697. The maximum atomic E-state index is 5.26. The Kier molecular flexibility index (Phi) is 3.25. The van der Waals surface area contributed by atoms with Gasteiger partial charge in [0.25, 0.3) is 0 Å². The maximum absolute atomic E-state index is 5.26. The number of H-pyrrole nitrogens is 2. The Morgan fingerprint density at radius 3 is 2.70 bits per heavy atom. The highest BCUT2D eigenvalue weighted by molar-refractivity contribution is 7.71. The predicted molar refractivity (Wildman–Crippen MR) is 72.3 cm³/mol. The Morgan fingerprint density at radius 2 is 2.05 bits per heavy atom. The Hall–Kier alpha value is -2.55. The van der Waals surface area contributed by atoms with Crippen molar-refractivity contribution in [2.45, 2.75) is 6.42 Å². The lowest BCUT2D eigenvalue weighted by atomic mass is 10.3. The molecule has 2 heterocycles. The summed E-state index contributed by atoms with van der Waals surface area (Å²) < 4.78 is 7.47. The van der Waals surface area contributed by atoms with E-state index < -0.39 is 0 Å². The van der Waals surface area contributed by atoms with E-state index in [1.165, 1.54) is 0 Å². The van der Waals surface area contributed by atoms with Gasteiger partial charge in [0, 0.05) is 5.69 Å². The van der Waals surface area contributed by atoms with E-state index in [4.69, 9.17) is 17.0 Å². The van der Waals surface area contributed by atoms with Crippen LogP contribution in [0.5, 0.6) is 5.75 Å². The highest BCUT2D eigenvalue weighted by Crippen LogP contribution is 2.17. The second-order valence-electron chi connectivity index (χ2n) is 3.98. The van der Waals surface area contributed by atoms with E-state index in [2.05, 4.69) is 30.8 Å². The molecular weight excluding hydrogens is 278 g/mol. The maximum Gasteiger partial charge on any atom is 0.199 e. The SMILES string of the molecule is COc1ccc(-n2c(Cc3nn[nH]n3)n[nH]c2=S)cc1. The highest BCUT2D eigenvalue weighted by atomic mass is 32.1. The summed E-state index contributed by atoms with van der Waals surface area (Å²) in [4.78, 5) is 0. The summed E-state index contributed by atoms with van der Waals surface area (Å²) in [5.74, 6) is 2.04. The number of tetrazole rings is 1. The van der Waals surface area contributed by atoms with Crippen LogP contribution in [0.1, 0.15) is 11.6 Å². The molecule has 0 saturated carbocycles. The van der Waals surface area contributed by atoms with Crippen molar-refractivity contribution < 1.29 is 4.74 Å². The fraction of sp³-hybridized carbons (Fsp3) is 0.182. The van der Waals surface area contributed by atoms with Crippen LogP contribution in [-0.4, -0.2) is 42.5 Å². The largest absolute Gasteiger partial charge is 0.497 e. The van der Waals surface area contributed by atoms with Crippen LogP contribution < -0.4 is 4.74 Å². The smallest absolute Gasteiger partial charge is 0.199 e. The molecule has 9 heteroatoms. The normalized spacial score (nSPS) is 10.7. The molecule has 3 rings (SSSR count). The molecule has 0 radical (unpaired) electrons. The van der Waals surface area contributed by atoms with Gasteiger partial charge in [-0.15, -0.1) is 10.2 Å². The summed E-state index contributed by atoms with van der Waals surface area (Å²) in [6.45, 7) is 0. The third-order valence-corrected chi connectivity index (χ3v) is 3.05. The average Bonchev–Trinajstić information content (AvgIpc) is 3.10. The van der Waals surface area contributed by atoms with Crippen molar-refractivity contribution in [2.24, 2.45) is 0 Å². The standard InChI is InChI=1S/C11H11N7OS/c1-19-8-4-2-7(3-5-8)18-10(14-15-11(18)20)6-9-12-16-17-13-9/h2-5H,6H2,1H3,(H,15,20)(H,12,13,16,17). The van der Waals surface area contributed by atoms with Crippen molar-refractivity contribution in [2.75, 3.05) is 7.11 Å². The van der Waals surface area contributed by atoms with Crippen LogP contribution in [0.15, 0.2) is 24.3 Å². The topological polar surface area (TPSA) is 97.3 Å². The molecule has 0 fully saturated rings. The number of rotatable bonds is 4. The number of hydrogen-bond acceptors (Lipinski definition) is 6. The molecule has 0 aliphatic carbocycles. The molecule has 1 aromatic carbocycles. The second kappa shape index (κ2) is 5.21. The minimum absolute atomic E-state index is 0.426. The fourth-order valence-electron chi connectivity index (χ4n) is 1.84. The molecule has 0 aliphatic rings. The zero-order valence-electron chi connectivity index (χ0n) is 10.6. The molecule has 20 heavy (non-hydrogen) atoms. The van der Waals surface area contributed by atoms with Gasteiger partial charge in [-0.05, 0) is 36.5 Å². The minimum atomic E-state index is 0.426. The van der Waals surface area contributed by atoms with Crippen molar-refractivity contribution in [3.8, 4) is 11.4 Å². The van der Waals surface area contributed by atoms with E-state index in [0.29, 0.717) is 22.8 Å². The van der Waals surface area contributed by atoms with Crippen LogP contribution in [-0.2, 0) is 6.42 Å². The lowest BCUT2D eigenvalue weighted by molar-refractivity contribution is 0.414. The van der Waals surface area contributed by atoms with E-state index in [1.54, 1.807) is 7.11 Å². The van der Waals surface area contributed by atoms with Crippen molar-refractivity contribution in [1.82, 2.24) is 35.4 Å². The van der Waals surface area contributed by atoms with Gasteiger partial charge in [0.2, 0.25) is 0 Å². The third-order valence-electron chi connectivity index (χ3n) is 2.78. The first-order valence-electron chi connectivity index (χ1n) is 5.81. The van der Waals surface area contributed by atoms with Crippen LogP contribution in [0, 0.1) is 4.77 Å². The Labute approximate surface area is 118 Å². The lowest BCUT2D eigenvalue weighted by Gasteiger charge is -2.06. The number of nitrogens with zero attached hydrogens (tertiary/aromatic N) is 5. The monoisotopic (exact) mass is 289 g/mol. The predicted octanol–water partition coefficient (Wildman–Crippen LogP) is 1.04. The first-order valence-corrected chi connectivity index (χ1v) is 6.22. The van der Waals surface area contributed by atoms with Gasteiger partial charge in [0.1, 0.15) is 11.6 Å². The molecule has 0 atom stereocenters. The Morgan fingerprint density at radius 1 is 1.25 bits per heavy atom. The zero-order chi connectivity index (χ0) is 13.9. The molecule has 0 bridgehead atoms. The fourth-order valence-corrected chi connectivity index (χ4v) is 2.10. The average molecular weight is 289 g/mol. The molecule has 2 aromatic heterocycles. The highest BCUT2D eigenvalue weighted by Gasteiger charge is 2.11. The van der Waals surface area contributed by atoms with Gasteiger partial charge < -0.3 is 4.74 Å². The molecule has 8 nitrogen and oxygen atoms in total. The van der Waals surface area contributed by atoms with Crippen molar-refractivity contribution in [3.05, 3.63) is 40.7 Å². The number of aromatic nitrogens is 7. The number of nitrogens with one attached hydrogen (secondary N) is 2. The van der Waals surface area contributed by atoms with Gasteiger partial charge in [0.15, 0.2) is 10.6 Å². The summed E-state index contributed by atoms with van der Waals surface area (Å²) in [6.07, 6.45) is 0.426. The Balaban J connectivity index is 1.99. The lowest BCUT2D eigenvalue weighted by Crippen LogP contribution is -2.03. The Bertz CT molecular complexity index is 744. The molecule has 102 valence electrons. The molecule has 0 unspecified atom stereocenters. The second-order valence-corrected chi connectivity index (χ2v) is 4.37. The number of methoxy groups -OCH3 is 1.